The molecule has 0 aromatic heterocycles. The highest BCUT2D eigenvalue weighted by molar-refractivity contribution is 7.54. The van der Waals surface area contributed by atoms with Gasteiger partial charge in [-0.25, -0.2) is 4.79 Å². The number of carbonyl (C=O) groups excluding carboxylic acids is 1. The van der Waals surface area contributed by atoms with Crippen LogP contribution in [0.2, 0.25) is 0 Å². The average molecular weight is 302 g/mol. The molecule has 1 heterocycles. The fourth-order valence-corrected chi connectivity index (χ4v) is 3.33. The van der Waals surface area contributed by atoms with E-state index in [0.29, 0.717) is 11.3 Å². The topological polar surface area (TPSA) is 80.3 Å². The predicted octanol–water partition coefficient (Wildman–Crippen LogP) is 2.36. The van der Waals surface area contributed by atoms with Gasteiger partial charge in [-0.05, 0) is 6.07 Å². The molecule has 7 nitrogen and oxygen atoms in total. The number of hydrogen-bond acceptors (Lipinski definition) is 7. The van der Waals surface area contributed by atoms with Crippen LogP contribution in [0.15, 0.2) is 12.1 Å². The highest BCUT2D eigenvalue weighted by atomic mass is 31.2. The van der Waals surface area contributed by atoms with Crippen molar-refractivity contribution in [2.45, 2.75) is 5.85 Å². The van der Waals surface area contributed by atoms with E-state index in [1.54, 1.807) is 12.1 Å². The second-order valence-electron chi connectivity index (χ2n) is 3.96. The number of esters is 1. The summed E-state index contributed by atoms with van der Waals surface area (Å²) in [5.41, 5.74) is 0.561. The Kier molecular flexibility index (Phi) is 4.04. The Bertz CT molecular complexity index is 575. The molecule has 8 heteroatoms. The molecular weight excluding hydrogens is 287 g/mol. The standard InChI is InChI=1S/C12H15O7P/c1-15-7-5-8-10(9(6-7)16-2)11(13)19-12(8)20(14,17-3)18-4/h5-6,12H,1-4H3. The molecule has 0 aliphatic carbocycles. The molecule has 0 bridgehead atoms. The van der Waals surface area contributed by atoms with Gasteiger partial charge in [0.1, 0.15) is 17.1 Å². The second kappa shape index (κ2) is 5.44. The Morgan fingerprint density at radius 2 is 1.75 bits per heavy atom. The predicted molar refractivity (Wildman–Crippen MR) is 69.3 cm³/mol. The molecule has 110 valence electrons. The zero-order chi connectivity index (χ0) is 14.9. The number of fused-ring (bicyclic) bond motifs is 1. The Balaban J connectivity index is 2.63. The summed E-state index contributed by atoms with van der Waals surface area (Å²) in [5.74, 6) is -1.05. The van der Waals surface area contributed by atoms with Gasteiger partial charge in [0.05, 0.1) is 14.2 Å². The number of rotatable bonds is 5. The monoisotopic (exact) mass is 302 g/mol. The molecule has 0 amide bonds. The first kappa shape index (κ1) is 14.8. The molecule has 1 aliphatic rings. The Labute approximate surface area is 116 Å². The molecule has 1 aromatic rings. The lowest BCUT2D eigenvalue weighted by atomic mass is 10.1. The molecule has 0 radical (unpaired) electrons. The molecule has 1 aliphatic heterocycles. The quantitative estimate of drug-likeness (QED) is 0.610. The van der Waals surface area contributed by atoms with Crippen LogP contribution in [0.4, 0.5) is 0 Å². The number of hydrogen-bond donors (Lipinski definition) is 0. The van der Waals surface area contributed by atoms with Crippen molar-refractivity contribution in [1.29, 1.82) is 0 Å². The van der Waals surface area contributed by atoms with Gasteiger partial charge in [-0.1, -0.05) is 0 Å². The van der Waals surface area contributed by atoms with Gasteiger partial charge in [-0.15, -0.1) is 0 Å². The first-order valence-electron chi connectivity index (χ1n) is 5.68. The Hall–Kier alpha value is -1.56. The molecule has 1 atom stereocenters. The van der Waals surface area contributed by atoms with Gasteiger partial charge in [0, 0.05) is 25.8 Å². The third kappa shape index (κ3) is 2.18. The van der Waals surface area contributed by atoms with Gasteiger partial charge in [-0.2, -0.15) is 0 Å². The number of carbonyl (C=O) groups is 1. The number of methoxy groups -OCH3 is 2. The molecule has 20 heavy (non-hydrogen) atoms. The molecule has 1 aromatic carbocycles. The minimum absolute atomic E-state index is 0.202. The first-order chi connectivity index (χ1) is 9.50. The third-order valence-corrected chi connectivity index (χ3v) is 5.02. The molecule has 0 saturated carbocycles. The largest absolute Gasteiger partial charge is 0.497 e. The van der Waals surface area contributed by atoms with E-state index < -0.39 is 19.4 Å². The normalized spacial score (nSPS) is 17.6. The zero-order valence-corrected chi connectivity index (χ0v) is 12.4. The van der Waals surface area contributed by atoms with Crippen LogP contribution < -0.4 is 9.47 Å². The van der Waals surface area contributed by atoms with Crippen molar-refractivity contribution < 1.29 is 32.6 Å². The lowest BCUT2D eigenvalue weighted by molar-refractivity contribution is 0.0454. The maximum atomic E-state index is 12.5. The maximum Gasteiger partial charge on any atom is 0.375 e. The molecule has 0 spiro atoms. The summed E-state index contributed by atoms with van der Waals surface area (Å²) in [4.78, 5) is 12.0. The van der Waals surface area contributed by atoms with Gasteiger partial charge in [0.15, 0.2) is 0 Å². The summed E-state index contributed by atoms with van der Waals surface area (Å²) in [7, 11) is 1.74. The van der Waals surface area contributed by atoms with Crippen LogP contribution in [0.1, 0.15) is 21.8 Å². The van der Waals surface area contributed by atoms with Crippen molar-refractivity contribution in [2.24, 2.45) is 0 Å². The van der Waals surface area contributed by atoms with E-state index in [-0.39, 0.29) is 11.3 Å². The lowest BCUT2D eigenvalue weighted by Gasteiger charge is -2.20. The van der Waals surface area contributed by atoms with Crippen LogP contribution >= 0.6 is 7.60 Å². The molecule has 1 unspecified atom stereocenters. The summed E-state index contributed by atoms with van der Waals surface area (Å²) in [6, 6.07) is 3.10. The van der Waals surface area contributed by atoms with E-state index in [1.807, 2.05) is 0 Å². The van der Waals surface area contributed by atoms with Crippen LogP contribution in [0.3, 0.4) is 0 Å². The minimum Gasteiger partial charge on any atom is -0.497 e. The van der Waals surface area contributed by atoms with E-state index >= 15 is 0 Å². The van der Waals surface area contributed by atoms with Crippen molar-refractivity contribution in [2.75, 3.05) is 28.4 Å². The van der Waals surface area contributed by atoms with Crippen LogP contribution in [0.25, 0.3) is 0 Å². The first-order valence-corrected chi connectivity index (χ1v) is 7.30. The van der Waals surface area contributed by atoms with Gasteiger partial charge < -0.3 is 23.3 Å². The van der Waals surface area contributed by atoms with Crippen LogP contribution in [0, 0.1) is 0 Å². The van der Waals surface area contributed by atoms with Crippen molar-refractivity contribution in [1.82, 2.24) is 0 Å². The molecule has 0 saturated heterocycles. The second-order valence-corrected chi connectivity index (χ2v) is 6.24. The highest BCUT2D eigenvalue weighted by Gasteiger charge is 2.47. The highest BCUT2D eigenvalue weighted by Crippen LogP contribution is 2.64. The zero-order valence-electron chi connectivity index (χ0n) is 11.5. The van der Waals surface area contributed by atoms with E-state index in [4.69, 9.17) is 23.3 Å². The number of benzene rings is 1. The smallest absolute Gasteiger partial charge is 0.375 e. The van der Waals surface area contributed by atoms with Gasteiger partial charge >= 0.3 is 13.6 Å². The molecule has 0 N–H and O–H groups in total. The van der Waals surface area contributed by atoms with Crippen molar-refractivity contribution in [3.63, 3.8) is 0 Å². The van der Waals surface area contributed by atoms with E-state index in [1.165, 1.54) is 28.4 Å². The summed E-state index contributed by atoms with van der Waals surface area (Å²) in [5, 5.41) is 0. The van der Waals surface area contributed by atoms with Crippen LogP contribution in [0.5, 0.6) is 11.5 Å². The lowest BCUT2D eigenvalue weighted by Crippen LogP contribution is -2.03. The van der Waals surface area contributed by atoms with Gasteiger partial charge in [0.2, 0.25) is 5.85 Å². The van der Waals surface area contributed by atoms with E-state index in [0.717, 1.165) is 0 Å². The van der Waals surface area contributed by atoms with Crippen molar-refractivity contribution >= 4 is 13.6 Å². The molecule has 2 rings (SSSR count). The summed E-state index contributed by atoms with van der Waals surface area (Å²) >= 11 is 0. The van der Waals surface area contributed by atoms with Crippen molar-refractivity contribution in [3.05, 3.63) is 23.3 Å². The number of cyclic esters (lactones) is 1. The summed E-state index contributed by atoms with van der Waals surface area (Å²) in [6.45, 7) is 0. The third-order valence-electron chi connectivity index (χ3n) is 3.05. The van der Waals surface area contributed by atoms with Crippen LogP contribution in [-0.4, -0.2) is 34.4 Å². The molecular formula is C12H15O7P. The van der Waals surface area contributed by atoms with E-state index in [2.05, 4.69) is 0 Å². The fourth-order valence-electron chi connectivity index (χ4n) is 2.03. The Morgan fingerprint density at radius 1 is 1.10 bits per heavy atom. The van der Waals surface area contributed by atoms with Crippen LogP contribution in [-0.2, 0) is 18.3 Å². The Morgan fingerprint density at radius 3 is 2.25 bits per heavy atom. The average Bonchev–Trinajstić information content (AvgIpc) is 2.83. The minimum atomic E-state index is -3.61. The summed E-state index contributed by atoms with van der Waals surface area (Å²) in [6.07, 6.45) is 0. The van der Waals surface area contributed by atoms with Gasteiger partial charge in [0.25, 0.3) is 0 Å². The fraction of sp³-hybridized carbons (Fsp3) is 0.417. The molecule has 0 fully saturated rings. The summed E-state index contributed by atoms with van der Waals surface area (Å²) < 4.78 is 37.7. The number of ether oxygens (including phenoxy) is 3. The van der Waals surface area contributed by atoms with Gasteiger partial charge in [-0.3, -0.25) is 4.57 Å². The maximum absolute atomic E-state index is 12.5. The van der Waals surface area contributed by atoms with Crippen molar-refractivity contribution in [3.8, 4) is 11.5 Å². The SMILES string of the molecule is COc1cc(OC)c2c(c1)C(P(=O)(OC)OC)OC2=O. The van der Waals surface area contributed by atoms with E-state index in [9.17, 15) is 9.36 Å².